The lowest BCUT2D eigenvalue weighted by atomic mass is 10.0. The second kappa shape index (κ2) is 11.4. The summed E-state index contributed by atoms with van der Waals surface area (Å²) in [5.41, 5.74) is 1.12. The standard InChI is InChI=1S/C15H29N3S/c1-3-5-6-7-8-9-10-11-12-14(16-4-2)15-13-17-19-18-15/h13-14,16H,3-12H2,1-2H3. The lowest BCUT2D eigenvalue weighted by Gasteiger charge is -2.14. The molecule has 4 heteroatoms. The van der Waals surface area contributed by atoms with Gasteiger partial charge in [0, 0.05) is 0 Å². The Bertz CT molecular complexity index is 288. The molecule has 0 amide bonds. The van der Waals surface area contributed by atoms with Crippen LogP contribution in [0.3, 0.4) is 0 Å². The summed E-state index contributed by atoms with van der Waals surface area (Å²) in [6.45, 7) is 5.42. The first-order chi connectivity index (χ1) is 9.38. The molecule has 0 radical (unpaired) electrons. The van der Waals surface area contributed by atoms with Crippen LogP contribution in [0.15, 0.2) is 6.20 Å². The topological polar surface area (TPSA) is 37.8 Å². The number of nitrogens with one attached hydrogen (secondary N) is 1. The van der Waals surface area contributed by atoms with E-state index in [0.717, 1.165) is 12.2 Å². The van der Waals surface area contributed by atoms with Crippen molar-refractivity contribution in [1.29, 1.82) is 0 Å². The highest BCUT2D eigenvalue weighted by Gasteiger charge is 2.12. The van der Waals surface area contributed by atoms with E-state index in [-0.39, 0.29) is 0 Å². The Hall–Kier alpha value is -0.480. The fourth-order valence-corrected chi connectivity index (χ4v) is 2.88. The van der Waals surface area contributed by atoms with E-state index >= 15 is 0 Å². The number of aromatic nitrogens is 2. The molecule has 0 aliphatic heterocycles. The van der Waals surface area contributed by atoms with Crippen LogP contribution in [-0.2, 0) is 0 Å². The van der Waals surface area contributed by atoms with Crippen LogP contribution in [0.25, 0.3) is 0 Å². The molecule has 19 heavy (non-hydrogen) atoms. The minimum Gasteiger partial charge on any atom is -0.309 e. The van der Waals surface area contributed by atoms with Crippen molar-refractivity contribution in [3.05, 3.63) is 11.9 Å². The summed E-state index contributed by atoms with van der Waals surface area (Å²) in [6.07, 6.45) is 14.1. The van der Waals surface area contributed by atoms with Gasteiger partial charge < -0.3 is 5.32 Å². The molecule has 0 aromatic carbocycles. The predicted octanol–water partition coefficient (Wildman–Crippen LogP) is 4.72. The van der Waals surface area contributed by atoms with Gasteiger partial charge in [-0.25, -0.2) is 0 Å². The van der Waals surface area contributed by atoms with Gasteiger partial charge in [0.1, 0.15) is 0 Å². The molecule has 1 heterocycles. The van der Waals surface area contributed by atoms with Crippen molar-refractivity contribution in [3.8, 4) is 0 Å². The predicted molar refractivity (Wildman–Crippen MR) is 83.6 cm³/mol. The third-order valence-electron chi connectivity index (χ3n) is 3.53. The van der Waals surface area contributed by atoms with E-state index in [2.05, 4.69) is 27.9 Å². The molecular formula is C15H29N3S. The summed E-state index contributed by atoms with van der Waals surface area (Å²) in [5.74, 6) is 0. The zero-order chi connectivity index (χ0) is 13.8. The Balaban J connectivity index is 2.06. The second-order valence-electron chi connectivity index (χ2n) is 5.21. The van der Waals surface area contributed by atoms with Crippen LogP contribution in [0.4, 0.5) is 0 Å². The molecule has 1 unspecified atom stereocenters. The molecule has 1 aromatic rings. The van der Waals surface area contributed by atoms with Gasteiger partial charge in [0.2, 0.25) is 0 Å². The first-order valence-electron chi connectivity index (χ1n) is 7.89. The number of hydrogen-bond donors (Lipinski definition) is 1. The minimum atomic E-state index is 0.406. The van der Waals surface area contributed by atoms with E-state index in [0.29, 0.717) is 6.04 Å². The second-order valence-corrected chi connectivity index (χ2v) is 5.76. The maximum absolute atomic E-state index is 4.35. The van der Waals surface area contributed by atoms with E-state index in [1.54, 1.807) is 0 Å². The molecule has 1 aromatic heterocycles. The van der Waals surface area contributed by atoms with Gasteiger partial charge in [0.25, 0.3) is 0 Å². The molecule has 1 N–H and O–H groups in total. The van der Waals surface area contributed by atoms with Gasteiger partial charge in [0.05, 0.1) is 29.7 Å². The lowest BCUT2D eigenvalue weighted by molar-refractivity contribution is 0.469. The molecule has 0 bridgehead atoms. The molecule has 0 aliphatic rings. The van der Waals surface area contributed by atoms with Crippen LogP contribution < -0.4 is 5.32 Å². The SMILES string of the molecule is CCCCCCCCCCC(NCC)c1cnsn1. The van der Waals surface area contributed by atoms with Crippen molar-refractivity contribution >= 4 is 11.7 Å². The Morgan fingerprint density at radius 2 is 1.74 bits per heavy atom. The molecule has 0 fully saturated rings. The zero-order valence-corrected chi connectivity index (χ0v) is 13.3. The lowest BCUT2D eigenvalue weighted by Crippen LogP contribution is -2.21. The fourth-order valence-electron chi connectivity index (χ4n) is 2.41. The van der Waals surface area contributed by atoms with Crippen molar-refractivity contribution in [1.82, 2.24) is 14.1 Å². The van der Waals surface area contributed by atoms with E-state index in [4.69, 9.17) is 0 Å². The fraction of sp³-hybridized carbons (Fsp3) is 0.867. The maximum atomic E-state index is 4.35. The molecule has 0 spiro atoms. The Morgan fingerprint density at radius 1 is 1.05 bits per heavy atom. The largest absolute Gasteiger partial charge is 0.309 e. The average molecular weight is 283 g/mol. The monoisotopic (exact) mass is 283 g/mol. The van der Waals surface area contributed by atoms with Crippen molar-refractivity contribution in [2.75, 3.05) is 6.54 Å². The van der Waals surface area contributed by atoms with Crippen LogP contribution in [0.5, 0.6) is 0 Å². The van der Waals surface area contributed by atoms with E-state index in [1.807, 2.05) is 6.20 Å². The molecule has 110 valence electrons. The van der Waals surface area contributed by atoms with Crippen LogP contribution in [0.2, 0.25) is 0 Å². The van der Waals surface area contributed by atoms with Crippen molar-refractivity contribution in [3.63, 3.8) is 0 Å². The quantitative estimate of drug-likeness (QED) is 0.564. The third kappa shape index (κ3) is 7.63. The minimum absolute atomic E-state index is 0.406. The summed E-state index contributed by atoms with van der Waals surface area (Å²) in [6, 6.07) is 0.406. The number of hydrogen-bond acceptors (Lipinski definition) is 4. The Labute approximate surface area is 122 Å². The van der Waals surface area contributed by atoms with Gasteiger partial charge in [-0.3, -0.25) is 0 Å². The Morgan fingerprint density at radius 3 is 2.32 bits per heavy atom. The van der Waals surface area contributed by atoms with Crippen LogP contribution in [-0.4, -0.2) is 15.3 Å². The van der Waals surface area contributed by atoms with E-state index in [9.17, 15) is 0 Å². The van der Waals surface area contributed by atoms with Crippen LogP contribution in [0, 0.1) is 0 Å². The number of nitrogens with zero attached hydrogens (tertiary/aromatic N) is 2. The molecule has 0 saturated heterocycles. The molecule has 0 aliphatic carbocycles. The summed E-state index contributed by atoms with van der Waals surface area (Å²) in [4.78, 5) is 0. The molecule has 1 rings (SSSR count). The summed E-state index contributed by atoms with van der Waals surface area (Å²) < 4.78 is 8.45. The van der Waals surface area contributed by atoms with Gasteiger partial charge in [-0.05, 0) is 13.0 Å². The van der Waals surface area contributed by atoms with E-state index in [1.165, 1.54) is 69.5 Å². The van der Waals surface area contributed by atoms with Gasteiger partial charge >= 0.3 is 0 Å². The summed E-state index contributed by atoms with van der Waals surface area (Å²) in [5, 5.41) is 3.51. The maximum Gasteiger partial charge on any atom is 0.0912 e. The van der Waals surface area contributed by atoms with Gasteiger partial charge in [-0.15, -0.1) is 0 Å². The van der Waals surface area contributed by atoms with Crippen molar-refractivity contribution in [2.45, 2.75) is 77.7 Å². The van der Waals surface area contributed by atoms with Gasteiger partial charge in [-0.2, -0.15) is 8.75 Å². The molecule has 3 nitrogen and oxygen atoms in total. The highest BCUT2D eigenvalue weighted by molar-refractivity contribution is 6.99. The normalized spacial score (nSPS) is 12.7. The zero-order valence-electron chi connectivity index (χ0n) is 12.5. The number of rotatable bonds is 12. The highest BCUT2D eigenvalue weighted by atomic mass is 32.1. The molecular weight excluding hydrogens is 254 g/mol. The smallest absolute Gasteiger partial charge is 0.0912 e. The molecule has 1 atom stereocenters. The highest BCUT2D eigenvalue weighted by Crippen LogP contribution is 2.19. The first kappa shape index (κ1) is 16.6. The van der Waals surface area contributed by atoms with E-state index < -0.39 is 0 Å². The summed E-state index contributed by atoms with van der Waals surface area (Å²) in [7, 11) is 0. The Kier molecular flexibility index (Phi) is 9.91. The summed E-state index contributed by atoms with van der Waals surface area (Å²) >= 11 is 1.31. The molecule has 0 saturated carbocycles. The van der Waals surface area contributed by atoms with Crippen LogP contribution in [0.1, 0.15) is 83.4 Å². The first-order valence-corrected chi connectivity index (χ1v) is 8.62. The van der Waals surface area contributed by atoms with Crippen molar-refractivity contribution < 1.29 is 0 Å². The average Bonchev–Trinajstić information content (AvgIpc) is 2.94. The number of unbranched alkanes of at least 4 members (excludes halogenated alkanes) is 7. The van der Waals surface area contributed by atoms with Gasteiger partial charge in [0.15, 0.2) is 0 Å². The van der Waals surface area contributed by atoms with Crippen molar-refractivity contribution in [2.24, 2.45) is 0 Å². The van der Waals surface area contributed by atoms with Gasteiger partial charge in [-0.1, -0.05) is 65.2 Å². The third-order valence-corrected chi connectivity index (χ3v) is 4.02. The van der Waals surface area contributed by atoms with Crippen LogP contribution >= 0.6 is 11.7 Å².